The number of unbranched alkanes of at least 4 members (excludes halogenated alkanes) is 5. The van der Waals surface area contributed by atoms with Crippen molar-refractivity contribution in [2.24, 2.45) is 0 Å². The zero-order valence-electron chi connectivity index (χ0n) is 68.6. The lowest BCUT2D eigenvalue weighted by Crippen LogP contribution is -2.49. The smallest absolute Gasteiger partial charge is 0.0806 e. The van der Waals surface area contributed by atoms with Gasteiger partial charge in [0.25, 0.3) is 0 Å². The van der Waals surface area contributed by atoms with E-state index in [1.807, 2.05) is 0 Å². The van der Waals surface area contributed by atoms with Gasteiger partial charge < -0.3 is 90.5 Å². The fraction of sp³-hybridized carbons (Fsp3) is 1.00. The van der Waals surface area contributed by atoms with Crippen LogP contribution in [0.1, 0.15) is 297 Å². The molecule has 594 valence electrons. The molecule has 9 aliphatic rings. The first kappa shape index (κ1) is 96.3. The summed E-state index contributed by atoms with van der Waals surface area (Å²) in [5.41, 5.74) is 1.16. The third kappa shape index (κ3) is 43.6. The van der Waals surface area contributed by atoms with Crippen molar-refractivity contribution in [3.8, 4) is 0 Å². The first-order chi connectivity index (χ1) is 47.9. The first-order valence-electron chi connectivity index (χ1n) is 42.0. The van der Waals surface area contributed by atoms with E-state index < -0.39 is 0 Å². The van der Waals surface area contributed by atoms with Gasteiger partial charge in [-0.25, -0.2) is 0 Å². The van der Waals surface area contributed by atoms with Crippen LogP contribution in [0, 0.1) is 0 Å². The molecule has 0 aliphatic carbocycles. The number of morpholine rings is 9. The molecule has 9 rings (SSSR count). The summed E-state index contributed by atoms with van der Waals surface area (Å²) in [7, 11) is 0. The zero-order valence-corrected chi connectivity index (χ0v) is 68.6. The van der Waals surface area contributed by atoms with Gasteiger partial charge in [-0.1, -0.05) is 187 Å². The molecule has 99 heavy (non-hydrogen) atoms. The topological polar surface area (TPSA) is 191 Å². The van der Waals surface area contributed by atoms with E-state index in [2.05, 4.69) is 166 Å². The Hall–Kier alpha value is -0.720. The van der Waals surface area contributed by atoms with Crippen LogP contribution in [-0.4, -0.2) is 228 Å². The van der Waals surface area contributed by atoms with E-state index in [4.69, 9.17) is 42.6 Å². The standard InChI is InChI=1S/C12H25NO.2C10H21NO.2C9H19NO.3C8H17NO.C7H15NO/c1-3-5-7-12(8-6-4-2)11-13-9-10-14-12;1-3-5-6-10(4-2)9-11-7-8-12-10;1-3-5-10(6-4-2)9-11-7-8-12-10;1-3-4-5-9(2)8-10-6-7-11-9;1-3-5-9(4-2)8-10-6-7-11-9;1-3-4-8(2)7-9-5-6-10-8;1-3-8(4-2)7-9-5-6-10-8;1-2-3-4-8-7-9-5-6-10-8;1-3-7(2)6-8-4-5-9-7/h13H,3-11H2,1-2H3;2*11H,3-9H2,1-2H3;2*10H,3-8H2,1-2H3;2*9H,3-7H2,1-2H3;8-9H,2-7H2,1H3;8H,3-6H2,1-2H3. The number of ether oxygens (including phenoxy) is 9. The fourth-order valence-corrected chi connectivity index (χ4v) is 14.3. The number of nitrogens with one attached hydrogen (secondary N) is 9. The molecule has 9 saturated heterocycles. The summed E-state index contributed by atoms with van der Waals surface area (Å²) in [6.45, 7) is 64.0. The number of hydrogen-bond donors (Lipinski definition) is 9. The molecule has 0 aromatic heterocycles. The maximum Gasteiger partial charge on any atom is 0.0806 e. The van der Waals surface area contributed by atoms with E-state index in [0.717, 1.165) is 209 Å². The Morgan fingerprint density at radius 2 is 0.525 bits per heavy atom. The molecule has 0 saturated carbocycles. The average Bonchev–Trinajstić information content (AvgIpc) is 1.10. The second kappa shape index (κ2) is 59.3. The molecule has 0 aromatic rings. The molecule has 9 heterocycles. The second-order valence-corrected chi connectivity index (χ2v) is 30.5. The monoisotopic (exact) mass is 1410 g/mol. The Balaban J connectivity index is 0.000000558. The molecule has 0 aromatic carbocycles. The maximum absolute atomic E-state index is 6.01. The molecular formula is C81H171N9O9. The lowest BCUT2D eigenvalue weighted by molar-refractivity contribution is -0.0787. The number of hydrogen-bond acceptors (Lipinski definition) is 18. The lowest BCUT2D eigenvalue weighted by Gasteiger charge is -2.38. The van der Waals surface area contributed by atoms with Crippen LogP contribution < -0.4 is 47.9 Å². The Morgan fingerprint density at radius 3 is 0.808 bits per heavy atom. The summed E-state index contributed by atoms with van der Waals surface area (Å²) < 4.78 is 51.7. The van der Waals surface area contributed by atoms with Gasteiger partial charge in [-0.15, -0.1) is 0 Å². The maximum atomic E-state index is 6.01. The highest BCUT2D eigenvalue weighted by Crippen LogP contribution is 2.30. The van der Waals surface area contributed by atoms with E-state index >= 15 is 0 Å². The van der Waals surface area contributed by atoms with Gasteiger partial charge in [0.1, 0.15) is 0 Å². The van der Waals surface area contributed by atoms with Crippen LogP contribution in [0.3, 0.4) is 0 Å². The molecule has 9 N–H and O–H groups in total. The van der Waals surface area contributed by atoms with Crippen LogP contribution in [0.4, 0.5) is 0 Å². The van der Waals surface area contributed by atoms with Crippen LogP contribution >= 0.6 is 0 Å². The van der Waals surface area contributed by atoms with Crippen molar-refractivity contribution < 1.29 is 42.6 Å². The van der Waals surface area contributed by atoms with Gasteiger partial charge in [0, 0.05) is 118 Å². The van der Waals surface area contributed by atoms with Crippen LogP contribution in [0.5, 0.6) is 0 Å². The van der Waals surface area contributed by atoms with E-state index in [1.165, 1.54) is 148 Å². The van der Waals surface area contributed by atoms with Crippen molar-refractivity contribution in [2.45, 2.75) is 348 Å². The van der Waals surface area contributed by atoms with Crippen LogP contribution in [0.15, 0.2) is 0 Å². The highest BCUT2D eigenvalue weighted by atomic mass is 16.5. The average molecular weight is 1420 g/mol. The van der Waals surface area contributed by atoms with Crippen molar-refractivity contribution in [3.63, 3.8) is 0 Å². The summed E-state index contributed by atoms with van der Waals surface area (Å²) in [5, 5.41) is 30.4. The Labute approximate surface area is 613 Å². The molecule has 18 heteroatoms. The molecular weight excluding hydrogens is 1240 g/mol. The summed E-state index contributed by atoms with van der Waals surface area (Å²) in [6.07, 6.45) is 34.7. The van der Waals surface area contributed by atoms with Crippen molar-refractivity contribution in [1.82, 2.24) is 47.9 Å². The molecule has 0 amide bonds. The minimum Gasteiger partial charge on any atom is -0.376 e. The van der Waals surface area contributed by atoms with E-state index in [0.29, 0.717) is 6.10 Å². The van der Waals surface area contributed by atoms with Gasteiger partial charge in [0.15, 0.2) is 0 Å². The molecule has 0 bridgehead atoms. The third-order valence-corrected chi connectivity index (χ3v) is 21.5. The van der Waals surface area contributed by atoms with Crippen molar-refractivity contribution in [1.29, 1.82) is 0 Å². The summed E-state index contributed by atoms with van der Waals surface area (Å²) in [4.78, 5) is 0. The van der Waals surface area contributed by atoms with Gasteiger partial charge in [-0.2, -0.15) is 0 Å². The van der Waals surface area contributed by atoms with Crippen molar-refractivity contribution in [2.75, 3.05) is 177 Å². The molecule has 9 aliphatic heterocycles. The summed E-state index contributed by atoms with van der Waals surface area (Å²) in [5.74, 6) is 0. The Kier molecular flexibility index (Phi) is 57.7. The Bertz CT molecular complexity index is 1700. The quantitative estimate of drug-likeness (QED) is 0.0359. The van der Waals surface area contributed by atoms with Crippen molar-refractivity contribution in [3.05, 3.63) is 0 Å². The van der Waals surface area contributed by atoms with Crippen LogP contribution in [0.25, 0.3) is 0 Å². The van der Waals surface area contributed by atoms with Gasteiger partial charge in [0.05, 0.1) is 110 Å². The minimum atomic E-state index is 0.109. The fourth-order valence-electron chi connectivity index (χ4n) is 14.3. The van der Waals surface area contributed by atoms with E-state index in [1.54, 1.807) is 0 Å². The minimum absolute atomic E-state index is 0.109. The van der Waals surface area contributed by atoms with Gasteiger partial charge in [-0.05, 0) is 111 Å². The predicted octanol–water partition coefficient (Wildman–Crippen LogP) is 14.0. The van der Waals surface area contributed by atoms with Gasteiger partial charge in [0.2, 0.25) is 0 Å². The Morgan fingerprint density at radius 1 is 0.242 bits per heavy atom. The van der Waals surface area contributed by atoms with E-state index in [-0.39, 0.29) is 44.8 Å². The lowest BCUT2D eigenvalue weighted by atomic mass is 9.89. The predicted molar refractivity (Wildman–Crippen MR) is 421 cm³/mol. The highest BCUT2D eigenvalue weighted by molar-refractivity contribution is 4.90. The largest absolute Gasteiger partial charge is 0.376 e. The van der Waals surface area contributed by atoms with Gasteiger partial charge >= 0.3 is 0 Å². The SMILES string of the molecule is CCC1(C)CNCCO1.CCC1(CC)CNCCO1.CCCC1(C)CNCCO1.CCCC1(CC)CNCCO1.CCCC1(CCC)CNCCO1.CCCCC1(C)CNCCO1.CCCCC1(CC)CNCCO1.CCCCC1(CCCC)CNCCO1.CCCCC1CNCCO1. The molecule has 6 atom stereocenters. The van der Waals surface area contributed by atoms with Crippen LogP contribution in [0.2, 0.25) is 0 Å². The molecule has 0 radical (unpaired) electrons. The summed E-state index contributed by atoms with van der Waals surface area (Å²) >= 11 is 0. The van der Waals surface area contributed by atoms with Gasteiger partial charge in [-0.3, -0.25) is 0 Å². The van der Waals surface area contributed by atoms with Crippen molar-refractivity contribution >= 4 is 0 Å². The molecule has 6 unspecified atom stereocenters. The van der Waals surface area contributed by atoms with E-state index in [9.17, 15) is 0 Å². The summed E-state index contributed by atoms with van der Waals surface area (Å²) in [6, 6.07) is 0. The second-order valence-electron chi connectivity index (χ2n) is 30.5. The molecule has 9 fully saturated rings. The molecule has 18 nitrogen and oxygen atoms in total. The number of rotatable bonds is 28. The molecule has 0 spiro atoms. The normalized spacial score (nSPS) is 28.5. The highest BCUT2D eigenvalue weighted by Gasteiger charge is 2.35. The first-order valence-corrected chi connectivity index (χ1v) is 42.0. The van der Waals surface area contributed by atoms with Crippen LogP contribution in [-0.2, 0) is 42.6 Å². The third-order valence-electron chi connectivity index (χ3n) is 21.5. The zero-order chi connectivity index (χ0) is 73.2.